The zero-order valence-electron chi connectivity index (χ0n) is 15.0. The minimum absolute atomic E-state index is 0.0540. The lowest BCUT2D eigenvalue weighted by Gasteiger charge is -2.18. The van der Waals surface area contributed by atoms with Gasteiger partial charge in [-0.2, -0.15) is 0 Å². The number of rotatable bonds is 6. The molecule has 0 bridgehead atoms. The Morgan fingerprint density at radius 3 is 2.52 bits per heavy atom. The average Bonchev–Trinajstić information content (AvgIpc) is 3.13. The van der Waals surface area contributed by atoms with Crippen LogP contribution in [0.2, 0.25) is 0 Å². The number of hydrogen-bond donors (Lipinski definition) is 1. The highest BCUT2D eigenvalue weighted by molar-refractivity contribution is 5.94. The van der Waals surface area contributed by atoms with Crippen LogP contribution in [-0.2, 0) is 13.1 Å². The smallest absolute Gasteiger partial charge is 0.251 e. The van der Waals surface area contributed by atoms with Crippen molar-refractivity contribution in [2.24, 2.45) is 0 Å². The van der Waals surface area contributed by atoms with Crippen molar-refractivity contribution in [3.8, 4) is 5.75 Å². The average molecular weight is 338 g/mol. The van der Waals surface area contributed by atoms with E-state index in [2.05, 4.69) is 28.4 Å². The summed E-state index contributed by atoms with van der Waals surface area (Å²) in [6.07, 6.45) is 2.57. The lowest BCUT2D eigenvalue weighted by molar-refractivity contribution is 0.0950. The summed E-state index contributed by atoms with van der Waals surface area (Å²) >= 11 is 0. The van der Waals surface area contributed by atoms with Crippen molar-refractivity contribution in [3.05, 3.63) is 64.7 Å². The molecule has 1 heterocycles. The molecule has 1 aliphatic rings. The lowest BCUT2D eigenvalue weighted by atomic mass is 10.1. The molecule has 0 saturated carbocycles. The van der Waals surface area contributed by atoms with Gasteiger partial charge in [-0.15, -0.1) is 0 Å². The van der Waals surface area contributed by atoms with Gasteiger partial charge in [-0.3, -0.25) is 9.69 Å². The third-order valence-electron chi connectivity index (χ3n) is 4.81. The third kappa shape index (κ3) is 4.40. The molecule has 2 aromatic rings. The number of benzene rings is 2. The fourth-order valence-electron chi connectivity index (χ4n) is 3.36. The second-order valence-electron chi connectivity index (χ2n) is 6.62. The van der Waals surface area contributed by atoms with E-state index in [0.717, 1.165) is 17.9 Å². The predicted molar refractivity (Wildman–Crippen MR) is 99.9 cm³/mol. The van der Waals surface area contributed by atoms with Crippen LogP contribution in [0.4, 0.5) is 0 Å². The van der Waals surface area contributed by atoms with Gasteiger partial charge in [-0.1, -0.05) is 24.3 Å². The third-order valence-corrected chi connectivity index (χ3v) is 4.81. The zero-order chi connectivity index (χ0) is 17.6. The van der Waals surface area contributed by atoms with Crippen molar-refractivity contribution >= 4 is 5.91 Å². The number of amides is 1. The fourth-order valence-corrected chi connectivity index (χ4v) is 3.36. The van der Waals surface area contributed by atoms with Crippen molar-refractivity contribution < 1.29 is 9.53 Å². The Labute approximate surface area is 149 Å². The summed E-state index contributed by atoms with van der Waals surface area (Å²) in [5, 5.41) is 3.05. The Morgan fingerprint density at radius 2 is 1.84 bits per heavy atom. The standard InChI is InChI=1S/C21H26N2O2/c1-16-13-17(9-10-20(16)25-2)21(24)22-14-18-7-3-4-8-19(18)15-23-11-5-6-12-23/h3-4,7-10,13H,5-6,11-12,14-15H2,1-2H3,(H,22,24). The second-order valence-corrected chi connectivity index (χ2v) is 6.62. The Hall–Kier alpha value is -2.33. The van der Waals surface area contributed by atoms with E-state index in [4.69, 9.17) is 4.74 Å². The molecule has 0 aliphatic carbocycles. The highest BCUT2D eigenvalue weighted by Crippen LogP contribution is 2.19. The van der Waals surface area contributed by atoms with Crippen LogP contribution < -0.4 is 10.1 Å². The second kappa shape index (κ2) is 8.17. The molecule has 0 spiro atoms. The summed E-state index contributed by atoms with van der Waals surface area (Å²) in [5.74, 6) is 0.745. The number of nitrogens with zero attached hydrogens (tertiary/aromatic N) is 1. The number of aryl methyl sites for hydroxylation is 1. The van der Waals surface area contributed by atoms with Gasteiger partial charge in [0.1, 0.15) is 5.75 Å². The number of likely N-dealkylation sites (tertiary alicyclic amines) is 1. The molecule has 0 unspecified atom stereocenters. The van der Waals surface area contributed by atoms with Crippen LogP contribution >= 0.6 is 0 Å². The summed E-state index contributed by atoms with van der Waals surface area (Å²) in [7, 11) is 1.64. The van der Waals surface area contributed by atoms with E-state index in [-0.39, 0.29) is 5.91 Å². The molecule has 1 N–H and O–H groups in total. The van der Waals surface area contributed by atoms with Crippen LogP contribution in [0.25, 0.3) is 0 Å². The van der Waals surface area contributed by atoms with E-state index in [1.165, 1.54) is 37.1 Å². The first-order chi connectivity index (χ1) is 12.2. The number of ether oxygens (including phenoxy) is 1. The van der Waals surface area contributed by atoms with Crippen molar-refractivity contribution in [2.75, 3.05) is 20.2 Å². The van der Waals surface area contributed by atoms with E-state index in [1.807, 2.05) is 25.1 Å². The number of methoxy groups -OCH3 is 1. The molecule has 4 heteroatoms. The summed E-state index contributed by atoms with van der Waals surface area (Å²) < 4.78 is 5.25. The molecule has 0 atom stereocenters. The first-order valence-corrected chi connectivity index (χ1v) is 8.89. The molecule has 0 aromatic heterocycles. The van der Waals surface area contributed by atoms with Gasteiger partial charge in [0.2, 0.25) is 0 Å². The van der Waals surface area contributed by atoms with E-state index >= 15 is 0 Å². The highest BCUT2D eigenvalue weighted by atomic mass is 16.5. The van der Waals surface area contributed by atoms with Gasteiger partial charge >= 0.3 is 0 Å². The van der Waals surface area contributed by atoms with E-state index in [0.29, 0.717) is 12.1 Å². The number of hydrogen-bond acceptors (Lipinski definition) is 3. The van der Waals surface area contributed by atoms with Gasteiger partial charge in [-0.25, -0.2) is 0 Å². The Bertz CT molecular complexity index is 736. The first kappa shape index (κ1) is 17.5. The fraction of sp³-hybridized carbons (Fsp3) is 0.381. The van der Waals surface area contributed by atoms with E-state index in [1.54, 1.807) is 13.2 Å². The highest BCUT2D eigenvalue weighted by Gasteiger charge is 2.14. The van der Waals surface area contributed by atoms with Gasteiger partial charge < -0.3 is 10.1 Å². The van der Waals surface area contributed by atoms with Crippen LogP contribution in [0.15, 0.2) is 42.5 Å². The van der Waals surface area contributed by atoms with Crippen molar-refractivity contribution in [1.82, 2.24) is 10.2 Å². The van der Waals surface area contributed by atoms with Gasteiger partial charge in [0.25, 0.3) is 5.91 Å². The van der Waals surface area contributed by atoms with Crippen LogP contribution in [0, 0.1) is 6.92 Å². The molecule has 1 aliphatic heterocycles. The molecule has 2 aromatic carbocycles. The normalized spacial score (nSPS) is 14.5. The van der Waals surface area contributed by atoms with Crippen molar-refractivity contribution in [3.63, 3.8) is 0 Å². The molecule has 1 saturated heterocycles. The monoisotopic (exact) mass is 338 g/mol. The number of carbonyl (C=O) groups is 1. The summed E-state index contributed by atoms with van der Waals surface area (Å²) in [6.45, 7) is 5.81. The quantitative estimate of drug-likeness (QED) is 0.876. The molecule has 3 rings (SSSR count). The van der Waals surface area contributed by atoms with Crippen molar-refractivity contribution in [2.45, 2.75) is 32.9 Å². The van der Waals surface area contributed by atoms with Crippen LogP contribution in [0.5, 0.6) is 5.75 Å². The molecule has 4 nitrogen and oxygen atoms in total. The Morgan fingerprint density at radius 1 is 1.12 bits per heavy atom. The number of carbonyl (C=O) groups excluding carboxylic acids is 1. The predicted octanol–water partition coefficient (Wildman–Crippen LogP) is 3.53. The zero-order valence-corrected chi connectivity index (χ0v) is 15.0. The summed E-state index contributed by atoms with van der Waals surface area (Å²) in [6, 6.07) is 13.9. The van der Waals surface area contributed by atoms with Crippen LogP contribution in [0.3, 0.4) is 0 Å². The van der Waals surface area contributed by atoms with Crippen LogP contribution in [-0.4, -0.2) is 31.0 Å². The Balaban J connectivity index is 1.64. The molecule has 1 fully saturated rings. The molecule has 0 radical (unpaired) electrons. The van der Waals surface area contributed by atoms with Gasteiger partial charge in [0, 0.05) is 18.7 Å². The molecular weight excluding hydrogens is 312 g/mol. The minimum Gasteiger partial charge on any atom is -0.496 e. The van der Waals surface area contributed by atoms with Gasteiger partial charge in [0.05, 0.1) is 7.11 Å². The lowest BCUT2D eigenvalue weighted by Crippen LogP contribution is -2.25. The molecule has 132 valence electrons. The maximum absolute atomic E-state index is 12.5. The van der Waals surface area contributed by atoms with E-state index < -0.39 is 0 Å². The van der Waals surface area contributed by atoms with Gasteiger partial charge in [-0.05, 0) is 67.7 Å². The minimum atomic E-state index is -0.0540. The summed E-state index contributed by atoms with van der Waals surface area (Å²) in [4.78, 5) is 14.9. The molecule has 25 heavy (non-hydrogen) atoms. The number of nitrogens with one attached hydrogen (secondary N) is 1. The maximum atomic E-state index is 12.5. The van der Waals surface area contributed by atoms with Crippen LogP contribution in [0.1, 0.15) is 39.9 Å². The largest absolute Gasteiger partial charge is 0.496 e. The topological polar surface area (TPSA) is 41.6 Å². The summed E-state index contributed by atoms with van der Waals surface area (Å²) in [5.41, 5.74) is 4.11. The van der Waals surface area contributed by atoms with Gasteiger partial charge in [0.15, 0.2) is 0 Å². The SMILES string of the molecule is COc1ccc(C(=O)NCc2ccccc2CN2CCCC2)cc1C. The molecule has 1 amide bonds. The van der Waals surface area contributed by atoms with Crippen molar-refractivity contribution in [1.29, 1.82) is 0 Å². The maximum Gasteiger partial charge on any atom is 0.251 e. The molecular formula is C21H26N2O2. The Kier molecular flexibility index (Phi) is 5.71. The first-order valence-electron chi connectivity index (χ1n) is 8.89. The van der Waals surface area contributed by atoms with E-state index in [9.17, 15) is 4.79 Å².